The van der Waals surface area contributed by atoms with E-state index in [1.165, 1.54) is 18.5 Å². The average Bonchev–Trinajstić information content (AvgIpc) is 2.73. The first-order valence-electron chi connectivity index (χ1n) is 7.94. The first-order valence-corrected chi connectivity index (χ1v) is 7.94. The fraction of sp³-hybridized carbons (Fsp3) is 0.647. The molecule has 0 atom stereocenters. The molecule has 0 bridgehead atoms. The monoisotopic (exact) mass is 276 g/mol. The van der Waals surface area contributed by atoms with Gasteiger partial charge < -0.3 is 15.0 Å². The third-order valence-corrected chi connectivity index (χ3v) is 3.74. The molecule has 1 aliphatic heterocycles. The highest BCUT2D eigenvalue weighted by atomic mass is 16.5. The van der Waals surface area contributed by atoms with Crippen LogP contribution in [-0.2, 0) is 0 Å². The van der Waals surface area contributed by atoms with Crippen LogP contribution >= 0.6 is 0 Å². The van der Waals surface area contributed by atoms with Gasteiger partial charge >= 0.3 is 0 Å². The molecule has 2 rings (SSSR count). The van der Waals surface area contributed by atoms with Crippen molar-refractivity contribution in [2.24, 2.45) is 5.92 Å². The molecule has 1 N–H and O–H groups in total. The largest absolute Gasteiger partial charge is 0.494 e. The Morgan fingerprint density at radius 2 is 1.95 bits per heavy atom. The van der Waals surface area contributed by atoms with Gasteiger partial charge in [0, 0.05) is 25.3 Å². The molecule has 0 amide bonds. The lowest BCUT2D eigenvalue weighted by atomic mass is 10.1. The fourth-order valence-electron chi connectivity index (χ4n) is 2.54. The summed E-state index contributed by atoms with van der Waals surface area (Å²) in [5, 5.41) is 3.44. The number of benzene rings is 1. The van der Waals surface area contributed by atoms with E-state index < -0.39 is 0 Å². The van der Waals surface area contributed by atoms with Crippen LogP contribution in [0.2, 0.25) is 0 Å². The zero-order valence-corrected chi connectivity index (χ0v) is 12.9. The predicted molar refractivity (Wildman–Crippen MR) is 85.7 cm³/mol. The third-order valence-electron chi connectivity index (χ3n) is 3.74. The molecule has 20 heavy (non-hydrogen) atoms. The van der Waals surface area contributed by atoms with Crippen molar-refractivity contribution in [2.45, 2.75) is 33.1 Å². The van der Waals surface area contributed by atoms with Gasteiger partial charge in [-0.1, -0.05) is 13.8 Å². The summed E-state index contributed by atoms with van der Waals surface area (Å²) in [5.74, 6) is 1.75. The number of nitrogens with one attached hydrogen (secondary N) is 1. The van der Waals surface area contributed by atoms with E-state index in [0.29, 0.717) is 0 Å². The van der Waals surface area contributed by atoms with E-state index in [0.717, 1.165) is 50.9 Å². The molecule has 0 aromatic heterocycles. The van der Waals surface area contributed by atoms with Gasteiger partial charge in [0.1, 0.15) is 5.75 Å². The number of rotatable bonds is 6. The number of anilines is 1. The van der Waals surface area contributed by atoms with Gasteiger partial charge in [0.25, 0.3) is 0 Å². The topological polar surface area (TPSA) is 24.5 Å². The summed E-state index contributed by atoms with van der Waals surface area (Å²) in [6.45, 7) is 9.78. The molecule has 1 aromatic rings. The summed E-state index contributed by atoms with van der Waals surface area (Å²) in [7, 11) is 0. The van der Waals surface area contributed by atoms with E-state index in [4.69, 9.17) is 4.74 Å². The Hall–Kier alpha value is -1.22. The van der Waals surface area contributed by atoms with Crippen LogP contribution < -0.4 is 15.0 Å². The highest BCUT2D eigenvalue weighted by Gasteiger charge is 2.09. The minimum atomic E-state index is 0.762. The molecule has 1 aliphatic rings. The van der Waals surface area contributed by atoms with Crippen LogP contribution in [0, 0.1) is 5.92 Å². The lowest BCUT2D eigenvalue weighted by Gasteiger charge is -2.22. The van der Waals surface area contributed by atoms with Crippen molar-refractivity contribution in [1.82, 2.24) is 5.32 Å². The van der Waals surface area contributed by atoms with Crippen LogP contribution in [-0.4, -0.2) is 32.8 Å². The van der Waals surface area contributed by atoms with Crippen molar-refractivity contribution in [3.8, 4) is 5.75 Å². The van der Waals surface area contributed by atoms with Crippen molar-refractivity contribution >= 4 is 5.69 Å². The molecule has 3 nitrogen and oxygen atoms in total. The second-order valence-corrected chi connectivity index (χ2v) is 5.97. The van der Waals surface area contributed by atoms with E-state index in [-0.39, 0.29) is 0 Å². The van der Waals surface area contributed by atoms with Crippen molar-refractivity contribution < 1.29 is 4.74 Å². The van der Waals surface area contributed by atoms with Gasteiger partial charge in [-0.15, -0.1) is 0 Å². The molecule has 0 saturated carbocycles. The SMILES string of the molecule is CC(C)CCCOc1ccc(N2CCCNCC2)cc1. The zero-order valence-electron chi connectivity index (χ0n) is 12.9. The molecule has 0 unspecified atom stereocenters. The Kier molecular flexibility index (Phi) is 6.19. The van der Waals surface area contributed by atoms with E-state index >= 15 is 0 Å². The molecular weight excluding hydrogens is 248 g/mol. The van der Waals surface area contributed by atoms with Gasteiger partial charge in [-0.05, 0) is 56.0 Å². The smallest absolute Gasteiger partial charge is 0.119 e. The van der Waals surface area contributed by atoms with E-state index in [1.807, 2.05) is 0 Å². The van der Waals surface area contributed by atoms with Crippen molar-refractivity contribution in [1.29, 1.82) is 0 Å². The van der Waals surface area contributed by atoms with Gasteiger partial charge in [-0.2, -0.15) is 0 Å². The summed E-state index contributed by atoms with van der Waals surface area (Å²) >= 11 is 0. The predicted octanol–water partition coefficient (Wildman–Crippen LogP) is 3.30. The molecule has 1 fully saturated rings. The Balaban J connectivity index is 1.79. The number of ether oxygens (including phenoxy) is 1. The molecule has 0 aliphatic carbocycles. The summed E-state index contributed by atoms with van der Waals surface area (Å²) in [6.07, 6.45) is 3.59. The van der Waals surface area contributed by atoms with Crippen LogP contribution in [0.1, 0.15) is 33.1 Å². The maximum atomic E-state index is 5.79. The van der Waals surface area contributed by atoms with E-state index in [9.17, 15) is 0 Å². The quantitative estimate of drug-likeness (QED) is 0.807. The molecule has 1 aromatic carbocycles. The van der Waals surface area contributed by atoms with E-state index in [2.05, 4.69) is 48.3 Å². The summed E-state index contributed by atoms with van der Waals surface area (Å²) in [4.78, 5) is 2.45. The Bertz CT molecular complexity index is 367. The summed E-state index contributed by atoms with van der Waals surface area (Å²) in [6, 6.07) is 8.57. The first-order chi connectivity index (χ1) is 9.75. The van der Waals surface area contributed by atoms with Crippen molar-refractivity contribution in [3.63, 3.8) is 0 Å². The lowest BCUT2D eigenvalue weighted by Crippen LogP contribution is -2.27. The standard InChI is InChI=1S/C17H28N2O/c1-15(2)5-3-14-20-17-8-6-16(7-9-17)19-12-4-10-18-11-13-19/h6-9,15,18H,3-5,10-14H2,1-2H3. The minimum absolute atomic E-state index is 0.762. The molecule has 0 spiro atoms. The number of hydrogen-bond acceptors (Lipinski definition) is 3. The zero-order chi connectivity index (χ0) is 14.2. The van der Waals surface area contributed by atoms with Gasteiger partial charge in [0.15, 0.2) is 0 Å². The second kappa shape index (κ2) is 8.15. The van der Waals surface area contributed by atoms with Crippen molar-refractivity contribution in [3.05, 3.63) is 24.3 Å². The summed E-state index contributed by atoms with van der Waals surface area (Å²) in [5.41, 5.74) is 1.31. The second-order valence-electron chi connectivity index (χ2n) is 5.97. The molecule has 0 radical (unpaired) electrons. The van der Waals surface area contributed by atoms with Crippen molar-refractivity contribution in [2.75, 3.05) is 37.7 Å². The Morgan fingerprint density at radius 3 is 2.70 bits per heavy atom. The molecule has 1 heterocycles. The van der Waals surface area contributed by atoms with Crippen LogP contribution in [0.15, 0.2) is 24.3 Å². The highest BCUT2D eigenvalue weighted by molar-refractivity contribution is 5.49. The summed E-state index contributed by atoms with van der Waals surface area (Å²) < 4.78 is 5.79. The number of nitrogens with zero attached hydrogens (tertiary/aromatic N) is 1. The Labute approximate surface area is 123 Å². The minimum Gasteiger partial charge on any atom is -0.494 e. The normalized spacial score (nSPS) is 16.2. The van der Waals surface area contributed by atoms with E-state index in [1.54, 1.807) is 0 Å². The molecule has 1 saturated heterocycles. The maximum absolute atomic E-state index is 5.79. The fourth-order valence-corrected chi connectivity index (χ4v) is 2.54. The molecular formula is C17H28N2O. The number of hydrogen-bond donors (Lipinski definition) is 1. The van der Waals surface area contributed by atoms with Gasteiger partial charge in [0.05, 0.1) is 6.61 Å². The first kappa shape index (κ1) is 15.2. The van der Waals surface area contributed by atoms with Crippen LogP contribution in [0.3, 0.4) is 0 Å². The van der Waals surface area contributed by atoms with Crippen LogP contribution in [0.5, 0.6) is 5.75 Å². The van der Waals surface area contributed by atoms with Gasteiger partial charge in [0.2, 0.25) is 0 Å². The van der Waals surface area contributed by atoms with Crippen LogP contribution in [0.25, 0.3) is 0 Å². The Morgan fingerprint density at radius 1 is 1.15 bits per heavy atom. The molecule has 112 valence electrons. The molecule has 3 heteroatoms. The van der Waals surface area contributed by atoms with Gasteiger partial charge in [-0.3, -0.25) is 0 Å². The maximum Gasteiger partial charge on any atom is 0.119 e. The average molecular weight is 276 g/mol. The van der Waals surface area contributed by atoms with Crippen LogP contribution in [0.4, 0.5) is 5.69 Å². The lowest BCUT2D eigenvalue weighted by molar-refractivity contribution is 0.298. The van der Waals surface area contributed by atoms with Gasteiger partial charge in [-0.25, -0.2) is 0 Å². The third kappa shape index (κ3) is 5.04. The highest BCUT2D eigenvalue weighted by Crippen LogP contribution is 2.20.